The summed E-state index contributed by atoms with van der Waals surface area (Å²) in [5.74, 6) is 0.973. The number of nitrogen functional groups attached to an aromatic ring is 1. The van der Waals surface area contributed by atoms with Gasteiger partial charge in [0, 0.05) is 29.7 Å². The van der Waals surface area contributed by atoms with Crippen LogP contribution in [0.5, 0.6) is 0 Å². The van der Waals surface area contributed by atoms with Crippen LogP contribution in [-0.2, 0) is 0 Å². The molecule has 0 unspecified atom stereocenters. The normalized spacial score (nSPS) is 11.0. The van der Waals surface area contributed by atoms with Crippen LogP contribution in [0.15, 0.2) is 47.9 Å². The summed E-state index contributed by atoms with van der Waals surface area (Å²) in [4.78, 5) is 9.05. The Labute approximate surface area is 115 Å². The maximum atomic E-state index is 5.83. The predicted octanol–water partition coefficient (Wildman–Crippen LogP) is 3.09. The molecule has 19 heavy (non-hydrogen) atoms. The Morgan fingerprint density at radius 1 is 1.32 bits per heavy atom. The van der Waals surface area contributed by atoms with Crippen LogP contribution >= 0.6 is 11.8 Å². The van der Waals surface area contributed by atoms with Crippen LogP contribution in [0.4, 0.5) is 5.69 Å². The Balaban J connectivity index is 2.18. The average molecular weight is 270 g/mol. The number of thioether (sulfide) groups is 1. The summed E-state index contributed by atoms with van der Waals surface area (Å²) >= 11 is 1.70. The number of fused-ring (bicyclic) bond motifs is 1. The van der Waals surface area contributed by atoms with Gasteiger partial charge in [-0.3, -0.25) is 4.40 Å². The third-order valence-electron chi connectivity index (χ3n) is 2.81. The molecule has 0 aliphatic heterocycles. The first-order valence-corrected chi connectivity index (χ1v) is 7.09. The fourth-order valence-electron chi connectivity index (χ4n) is 1.97. The van der Waals surface area contributed by atoms with Crippen LogP contribution in [0.2, 0.25) is 0 Å². The second-order valence-electron chi connectivity index (χ2n) is 4.14. The molecule has 2 N–H and O–H groups in total. The van der Waals surface area contributed by atoms with Crippen LogP contribution in [0.3, 0.4) is 0 Å². The highest BCUT2D eigenvalue weighted by Gasteiger charge is 2.08. The number of anilines is 1. The molecule has 2 aromatic heterocycles. The summed E-state index contributed by atoms with van der Waals surface area (Å²) in [5.41, 5.74) is 9.40. The van der Waals surface area contributed by atoms with Crippen LogP contribution in [0.1, 0.15) is 6.92 Å². The molecule has 0 saturated heterocycles. The third-order valence-corrected chi connectivity index (χ3v) is 3.65. The van der Waals surface area contributed by atoms with E-state index in [9.17, 15) is 0 Å². The summed E-state index contributed by atoms with van der Waals surface area (Å²) in [5, 5.41) is 0.954. The quantitative estimate of drug-likeness (QED) is 0.451. The van der Waals surface area contributed by atoms with Crippen molar-refractivity contribution in [1.82, 2.24) is 14.4 Å². The van der Waals surface area contributed by atoms with Gasteiger partial charge in [0.1, 0.15) is 5.65 Å². The Bertz CT molecular complexity index is 720. The first kappa shape index (κ1) is 12.0. The molecule has 0 aliphatic carbocycles. The van der Waals surface area contributed by atoms with Gasteiger partial charge in [-0.05, 0) is 17.9 Å². The lowest BCUT2D eigenvalue weighted by molar-refractivity contribution is 0.908. The van der Waals surface area contributed by atoms with E-state index in [4.69, 9.17) is 10.7 Å². The molecule has 0 fully saturated rings. The van der Waals surface area contributed by atoms with Crippen molar-refractivity contribution in [2.45, 2.75) is 12.1 Å². The number of rotatable bonds is 3. The van der Waals surface area contributed by atoms with Crippen molar-refractivity contribution in [2.24, 2.45) is 0 Å². The fourth-order valence-corrected chi connectivity index (χ4v) is 2.69. The molecular formula is C14H14N4S. The van der Waals surface area contributed by atoms with E-state index in [1.54, 1.807) is 18.0 Å². The molecule has 0 amide bonds. The molecule has 0 saturated carbocycles. The number of nitrogens with zero attached hydrogens (tertiary/aromatic N) is 3. The highest BCUT2D eigenvalue weighted by atomic mass is 32.2. The molecule has 0 atom stereocenters. The molecule has 3 rings (SSSR count). The van der Waals surface area contributed by atoms with Crippen LogP contribution in [0.25, 0.3) is 16.9 Å². The Kier molecular flexibility index (Phi) is 3.13. The lowest BCUT2D eigenvalue weighted by Gasteiger charge is -2.07. The maximum Gasteiger partial charge on any atom is 0.174 e. The first-order chi connectivity index (χ1) is 9.28. The number of aromatic nitrogens is 3. The zero-order chi connectivity index (χ0) is 13.2. The van der Waals surface area contributed by atoms with Gasteiger partial charge in [0.2, 0.25) is 0 Å². The van der Waals surface area contributed by atoms with Gasteiger partial charge < -0.3 is 5.73 Å². The molecular weight excluding hydrogens is 256 g/mol. The Hall–Kier alpha value is -2.01. The van der Waals surface area contributed by atoms with Crippen LogP contribution < -0.4 is 5.73 Å². The van der Waals surface area contributed by atoms with E-state index in [0.29, 0.717) is 0 Å². The lowest BCUT2D eigenvalue weighted by Crippen LogP contribution is -1.97. The third kappa shape index (κ3) is 2.29. The number of hydrogen-bond acceptors (Lipinski definition) is 4. The van der Waals surface area contributed by atoms with Crippen molar-refractivity contribution in [2.75, 3.05) is 11.5 Å². The van der Waals surface area contributed by atoms with Crippen molar-refractivity contribution >= 4 is 23.1 Å². The van der Waals surface area contributed by atoms with Crippen molar-refractivity contribution in [3.05, 3.63) is 42.7 Å². The van der Waals surface area contributed by atoms with Crippen LogP contribution in [0, 0.1) is 0 Å². The van der Waals surface area contributed by atoms with Crippen molar-refractivity contribution in [3.8, 4) is 11.3 Å². The van der Waals surface area contributed by atoms with E-state index in [0.717, 1.165) is 33.5 Å². The molecule has 2 heterocycles. The zero-order valence-corrected chi connectivity index (χ0v) is 11.4. The van der Waals surface area contributed by atoms with Gasteiger partial charge in [-0.2, -0.15) is 0 Å². The van der Waals surface area contributed by atoms with Crippen LogP contribution in [-0.4, -0.2) is 20.1 Å². The van der Waals surface area contributed by atoms with E-state index in [2.05, 4.69) is 11.9 Å². The van der Waals surface area contributed by atoms with Crippen molar-refractivity contribution in [1.29, 1.82) is 0 Å². The summed E-state index contributed by atoms with van der Waals surface area (Å²) in [6.07, 6.45) is 3.73. The van der Waals surface area contributed by atoms with Gasteiger partial charge in [0.15, 0.2) is 5.16 Å². The molecule has 0 aliphatic rings. The molecule has 3 aromatic rings. The van der Waals surface area contributed by atoms with Gasteiger partial charge >= 0.3 is 0 Å². The monoisotopic (exact) mass is 270 g/mol. The molecule has 0 bridgehead atoms. The summed E-state index contributed by atoms with van der Waals surface area (Å²) in [6, 6.07) is 9.74. The second kappa shape index (κ2) is 4.93. The second-order valence-corrected chi connectivity index (χ2v) is 5.37. The molecule has 5 heteroatoms. The van der Waals surface area contributed by atoms with E-state index < -0.39 is 0 Å². The molecule has 1 aromatic carbocycles. The Morgan fingerprint density at radius 2 is 2.21 bits per heavy atom. The SMILES string of the molecule is CCSc1nc(-c2cccc(N)c2)cc2nccn12. The van der Waals surface area contributed by atoms with Gasteiger partial charge in [-0.15, -0.1) is 0 Å². The molecule has 96 valence electrons. The first-order valence-electron chi connectivity index (χ1n) is 6.11. The van der Waals surface area contributed by atoms with E-state index in [-0.39, 0.29) is 0 Å². The molecule has 4 nitrogen and oxygen atoms in total. The summed E-state index contributed by atoms with van der Waals surface area (Å²) < 4.78 is 2.00. The minimum Gasteiger partial charge on any atom is -0.399 e. The molecule has 0 spiro atoms. The number of imidazole rings is 1. The largest absolute Gasteiger partial charge is 0.399 e. The molecule has 0 radical (unpaired) electrons. The number of nitrogens with two attached hydrogens (primary N) is 1. The predicted molar refractivity (Wildman–Crippen MR) is 79.2 cm³/mol. The highest BCUT2D eigenvalue weighted by Crippen LogP contribution is 2.25. The summed E-state index contributed by atoms with van der Waals surface area (Å²) in [7, 11) is 0. The van der Waals surface area contributed by atoms with E-state index in [1.165, 1.54) is 0 Å². The van der Waals surface area contributed by atoms with Gasteiger partial charge in [-0.25, -0.2) is 9.97 Å². The smallest absolute Gasteiger partial charge is 0.174 e. The Morgan fingerprint density at radius 3 is 3.00 bits per heavy atom. The lowest BCUT2D eigenvalue weighted by atomic mass is 10.1. The summed E-state index contributed by atoms with van der Waals surface area (Å²) in [6.45, 7) is 2.11. The number of hydrogen-bond donors (Lipinski definition) is 1. The minimum atomic E-state index is 0.743. The van der Waals surface area contributed by atoms with E-state index >= 15 is 0 Å². The van der Waals surface area contributed by atoms with E-state index in [1.807, 2.05) is 40.9 Å². The maximum absolute atomic E-state index is 5.83. The standard InChI is InChI=1S/C14H14N4S/c1-2-19-14-17-12(9-13-16-6-7-18(13)14)10-4-3-5-11(15)8-10/h3-9H,2,15H2,1H3. The zero-order valence-electron chi connectivity index (χ0n) is 10.6. The van der Waals surface area contributed by atoms with Crippen molar-refractivity contribution in [3.63, 3.8) is 0 Å². The highest BCUT2D eigenvalue weighted by molar-refractivity contribution is 7.99. The van der Waals surface area contributed by atoms with Crippen molar-refractivity contribution < 1.29 is 0 Å². The average Bonchev–Trinajstić information content (AvgIpc) is 2.87. The minimum absolute atomic E-state index is 0.743. The topological polar surface area (TPSA) is 56.2 Å². The number of benzene rings is 1. The van der Waals surface area contributed by atoms with Gasteiger partial charge in [-0.1, -0.05) is 30.8 Å². The fraction of sp³-hybridized carbons (Fsp3) is 0.143. The van der Waals surface area contributed by atoms with Gasteiger partial charge in [0.05, 0.1) is 5.69 Å². The van der Waals surface area contributed by atoms with Gasteiger partial charge in [0.25, 0.3) is 0 Å².